The average Bonchev–Trinajstić information content (AvgIpc) is 3.18. The number of nitro benzene ring substituents is 1. The topological polar surface area (TPSA) is 116 Å². The molecule has 1 N–H and O–H groups in total. The number of fused-ring (bicyclic) bond motifs is 1. The fraction of sp³-hybridized carbons (Fsp3) is 0.0526. The molecule has 10 heteroatoms. The summed E-state index contributed by atoms with van der Waals surface area (Å²) in [5.74, 6) is -0.120. The van der Waals surface area contributed by atoms with Crippen LogP contribution in [0.3, 0.4) is 0 Å². The number of carbonyl (C=O) groups excluding carboxylic acids is 1. The molecule has 0 bridgehead atoms. The number of hydrogen-bond acceptors (Lipinski definition) is 7. The van der Waals surface area contributed by atoms with E-state index in [4.69, 9.17) is 0 Å². The smallest absolute Gasteiger partial charge is 0.269 e. The predicted octanol–water partition coefficient (Wildman–Crippen LogP) is 3.45. The van der Waals surface area contributed by atoms with Crippen molar-refractivity contribution in [1.29, 1.82) is 0 Å². The zero-order valence-electron chi connectivity index (χ0n) is 14.9. The van der Waals surface area contributed by atoms with E-state index in [2.05, 4.69) is 20.4 Å². The van der Waals surface area contributed by atoms with Gasteiger partial charge in [-0.2, -0.15) is 5.10 Å². The van der Waals surface area contributed by atoms with Gasteiger partial charge in [-0.3, -0.25) is 14.9 Å². The van der Waals surface area contributed by atoms with Crippen molar-refractivity contribution in [2.45, 2.75) is 5.03 Å². The second-order valence-corrected chi connectivity index (χ2v) is 6.91. The molecule has 9 nitrogen and oxygen atoms in total. The molecule has 29 heavy (non-hydrogen) atoms. The van der Waals surface area contributed by atoms with Crippen LogP contribution in [0.2, 0.25) is 0 Å². The highest BCUT2D eigenvalue weighted by Gasteiger charge is 2.13. The van der Waals surface area contributed by atoms with Crippen LogP contribution < -0.4 is 5.32 Å². The number of benzene rings is 2. The summed E-state index contributed by atoms with van der Waals surface area (Å²) in [6, 6.07) is 15.3. The molecule has 2 heterocycles. The molecule has 0 atom stereocenters. The number of aromatic nitrogens is 4. The van der Waals surface area contributed by atoms with Gasteiger partial charge in [-0.05, 0) is 24.3 Å². The Morgan fingerprint density at radius 3 is 2.59 bits per heavy atom. The van der Waals surface area contributed by atoms with Gasteiger partial charge in [0.05, 0.1) is 27.9 Å². The molecule has 4 rings (SSSR count). The van der Waals surface area contributed by atoms with Crippen molar-refractivity contribution in [2.75, 3.05) is 11.1 Å². The number of thioether (sulfide) groups is 1. The number of para-hydroxylation sites is 1. The molecule has 0 aliphatic heterocycles. The Labute approximate surface area is 168 Å². The molecule has 0 spiro atoms. The van der Waals surface area contributed by atoms with E-state index in [0.717, 1.165) is 11.1 Å². The molecule has 4 aromatic rings. The minimum absolute atomic E-state index is 0.0313. The van der Waals surface area contributed by atoms with Crippen LogP contribution >= 0.6 is 11.8 Å². The Morgan fingerprint density at radius 1 is 1.10 bits per heavy atom. The molecule has 0 aliphatic carbocycles. The van der Waals surface area contributed by atoms with Gasteiger partial charge in [-0.1, -0.05) is 30.0 Å². The summed E-state index contributed by atoms with van der Waals surface area (Å²) in [5, 5.41) is 19.2. The lowest BCUT2D eigenvalue weighted by atomic mass is 10.3. The van der Waals surface area contributed by atoms with E-state index in [1.165, 1.54) is 42.4 Å². The van der Waals surface area contributed by atoms with E-state index in [1.54, 1.807) is 10.9 Å². The zero-order valence-corrected chi connectivity index (χ0v) is 15.7. The van der Waals surface area contributed by atoms with E-state index in [-0.39, 0.29) is 17.3 Å². The molecule has 0 saturated heterocycles. The second kappa shape index (κ2) is 8.07. The quantitative estimate of drug-likeness (QED) is 0.226. The van der Waals surface area contributed by atoms with E-state index in [1.807, 2.05) is 30.3 Å². The fourth-order valence-corrected chi connectivity index (χ4v) is 3.45. The lowest BCUT2D eigenvalue weighted by Gasteiger charge is -2.06. The molecule has 144 valence electrons. The third kappa shape index (κ3) is 4.06. The third-order valence-electron chi connectivity index (χ3n) is 4.03. The summed E-state index contributed by atoms with van der Waals surface area (Å²) in [6.07, 6.45) is 3.12. The maximum atomic E-state index is 12.2. The molecule has 0 saturated carbocycles. The highest BCUT2D eigenvalue weighted by Crippen LogP contribution is 2.26. The summed E-state index contributed by atoms with van der Waals surface area (Å²) in [5.41, 5.74) is 2.00. The monoisotopic (exact) mass is 406 g/mol. The Kier molecular flexibility index (Phi) is 5.16. The second-order valence-electron chi connectivity index (χ2n) is 5.95. The summed E-state index contributed by atoms with van der Waals surface area (Å²) < 4.78 is 1.72. The van der Waals surface area contributed by atoms with Gasteiger partial charge < -0.3 is 5.32 Å². The number of non-ortho nitro benzene ring substituents is 1. The van der Waals surface area contributed by atoms with E-state index in [0.29, 0.717) is 16.4 Å². The normalized spacial score (nSPS) is 10.8. The van der Waals surface area contributed by atoms with Crippen LogP contribution in [-0.4, -0.2) is 36.3 Å². The minimum atomic E-state index is -0.489. The maximum absolute atomic E-state index is 12.2. The molecule has 2 aromatic carbocycles. The van der Waals surface area contributed by atoms with Crippen LogP contribution in [0.15, 0.2) is 72.1 Å². The van der Waals surface area contributed by atoms with Crippen LogP contribution in [0.4, 0.5) is 11.4 Å². The van der Waals surface area contributed by atoms with Crippen molar-refractivity contribution in [3.63, 3.8) is 0 Å². The van der Waals surface area contributed by atoms with Crippen molar-refractivity contribution in [3.8, 4) is 5.69 Å². The SMILES string of the molecule is O=C(CSc1ncnc2c1cnn2-c1ccccc1)Nc1ccc([N+](=O)[O-])cc1. The Balaban J connectivity index is 1.46. The van der Waals surface area contributed by atoms with Crippen molar-refractivity contribution in [2.24, 2.45) is 0 Å². The van der Waals surface area contributed by atoms with E-state index >= 15 is 0 Å². The van der Waals surface area contributed by atoms with Gasteiger partial charge in [0.15, 0.2) is 5.65 Å². The Bertz CT molecular complexity index is 1180. The number of carbonyl (C=O) groups is 1. The van der Waals surface area contributed by atoms with Gasteiger partial charge in [0.1, 0.15) is 11.4 Å². The lowest BCUT2D eigenvalue weighted by molar-refractivity contribution is -0.384. The van der Waals surface area contributed by atoms with Crippen LogP contribution in [0.5, 0.6) is 0 Å². The van der Waals surface area contributed by atoms with Crippen molar-refractivity contribution in [3.05, 3.63) is 77.2 Å². The Hall–Kier alpha value is -3.79. The number of anilines is 1. The van der Waals surface area contributed by atoms with Gasteiger partial charge >= 0.3 is 0 Å². The molecule has 1 amide bonds. The first-order chi connectivity index (χ1) is 14.1. The van der Waals surface area contributed by atoms with Crippen LogP contribution in [0, 0.1) is 10.1 Å². The molecule has 0 radical (unpaired) electrons. The van der Waals surface area contributed by atoms with Crippen molar-refractivity contribution in [1.82, 2.24) is 19.7 Å². The van der Waals surface area contributed by atoms with Crippen LogP contribution in [0.25, 0.3) is 16.7 Å². The molecule has 2 aromatic heterocycles. The number of amides is 1. The number of nitrogens with one attached hydrogen (secondary N) is 1. The number of nitro groups is 1. The molecule has 0 unspecified atom stereocenters. The Morgan fingerprint density at radius 2 is 1.86 bits per heavy atom. The van der Waals surface area contributed by atoms with E-state index < -0.39 is 4.92 Å². The highest BCUT2D eigenvalue weighted by molar-refractivity contribution is 8.00. The molecular formula is C19H14N6O3S. The molecule has 0 aliphatic rings. The van der Waals surface area contributed by atoms with Gasteiger partial charge in [0, 0.05) is 17.8 Å². The summed E-state index contributed by atoms with van der Waals surface area (Å²) >= 11 is 1.27. The fourth-order valence-electron chi connectivity index (χ4n) is 2.69. The van der Waals surface area contributed by atoms with Gasteiger partial charge in [0.25, 0.3) is 5.69 Å². The van der Waals surface area contributed by atoms with Crippen LogP contribution in [0.1, 0.15) is 0 Å². The average molecular weight is 406 g/mol. The number of nitrogens with zero attached hydrogens (tertiary/aromatic N) is 5. The molecular weight excluding hydrogens is 392 g/mol. The number of hydrogen-bond donors (Lipinski definition) is 1. The molecule has 0 fully saturated rings. The predicted molar refractivity (Wildman–Crippen MR) is 109 cm³/mol. The number of rotatable bonds is 6. The summed E-state index contributed by atoms with van der Waals surface area (Å²) in [6.45, 7) is 0. The van der Waals surface area contributed by atoms with Gasteiger partial charge in [0.2, 0.25) is 5.91 Å². The van der Waals surface area contributed by atoms with Gasteiger partial charge in [-0.15, -0.1) is 0 Å². The zero-order chi connectivity index (χ0) is 20.2. The third-order valence-corrected chi connectivity index (χ3v) is 5.04. The summed E-state index contributed by atoms with van der Waals surface area (Å²) in [7, 11) is 0. The lowest BCUT2D eigenvalue weighted by Crippen LogP contribution is -2.14. The van der Waals surface area contributed by atoms with Crippen molar-refractivity contribution < 1.29 is 9.72 Å². The van der Waals surface area contributed by atoms with Crippen LogP contribution in [-0.2, 0) is 4.79 Å². The largest absolute Gasteiger partial charge is 0.325 e. The summed E-state index contributed by atoms with van der Waals surface area (Å²) in [4.78, 5) is 31.0. The van der Waals surface area contributed by atoms with Gasteiger partial charge in [-0.25, -0.2) is 14.6 Å². The maximum Gasteiger partial charge on any atom is 0.269 e. The standard InChI is InChI=1S/C19H14N6O3S/c26-17(23-13-6-8-15(9-7-13)25(27)28)11-29-19-16-10-22-24(18(16)20-12-21-19)14-4-2-1-3-5-14/h1-10,12H,11H2,(H,23,26). The van der Waals surface area contributed by atoms with E-state index in [9.17, 15) is 14.9 Å². The van der Waals surface area contributed by atoms with Crippen molar-refractivity contribution >= 4 is 40.1 Å². The highest BCUT2D eigenvalue weighted by atomic mass is 32.2. The first-order valence-corrected chi connectivity index (χ1v) is 9.51. The first-order valence-electron chi connectivity index (χ1n) is 8.53. The first kappa shape index (κ1) is 18.6. The minimum Gasteiger partial charge on any atom is -0.325 e.